The molecule has 0 atom stereocenters. The largest absolute Gasteiger partial charge is 0.355 e. The quantitative estimate of drug-likeness (QED) is 0.709. The fourth-order valence-electron chi connectivity index (χ4n) is 3.57. The van der Waals surface area contributed by atoms with Gasteiger partial charge in [0.15, 0.2) is 5.82 Å². The van der Waals surface area contributed by atoms with E-state index in [9.17, 15) is 9.18 Å². The van der Waals surface area contributed by atoms with Crippen molar-refractivity contribution >= 4 is 11.7 Å². The van der Waals surface area contributed by atoms with E-state index < -0.39 is 0 Å². The summed E-state index contributed by atoms with van der Waals surface area (Å²) >= 11 is 0. The van der Waals surface area contributed by atoms with Crippen molar-refractivity contribution in [3.05, 3.63) is 77.9 Å². The van der Waals surface area contributed by atoms with Gasteiger partial charge >= 0.3 is 0 Å². The lowest BCUT2D eigenvalue weighted by atomic mass is 10.1. The zero-order chi connectivity index (χ0) is 20.1. The van der Waals surface area contributed by atoms with Crippen LogP contribution in [-0.4, -0.2) is 29.0 Å². The highest BCUT2D eigenvalue weighted by molar-refractivity contribution is 5.94. The van der Waals surface area contributed by atoms with Crippen LogP contribution >= 0.6 is 0 Å². The topological polar surface area (TPSA) is 58.1 Å². The molecule has 0 radical (unpaired) electrons. The van der Waals surface area contributed by atoms with Gasteiger partial charge in [0, 0.05) is 48.7 Å². The third-order valence-electron chi connectivity index (χ3n) is 5.15. The Kier molecular flexibility index (Phi) is 5.79. The maximum atomic E-state index is 13.7. The zero-order valence-electron chi connectivity index (χ0n) is 16.1. The first-order valence-corrected chi connectivity index (χ1v) is 9.90. The number of benzene rings is 2. The van der Waals surface area contributed by atoms with E-state index in [0.29, 0.717) is 11.1 Å². The molecule has 0 aliphatic carbocycles. The van der Waals surface area contributed by atoms with Crippen molar-refractivity contribution in [1.29, 1.82) is 0 Å². The predicted molar refractivity (Wildman–Crippen MR) is 111 cm³/mol. The van der Waals surface area contributed by atoms with Crippen LogP contribution in [0.5, 0.6) is 0 Å². The molecule has 1 amide bonds. The number of carbonyl (C=O) groups excluding carboxylic acids is 1. The average Bonchev–Trinajstić information content (AvgIpc) is 2.79. The van der Waals surface area contributed by atoms with E-state index in [2.05, 4.69) is 20.2 Å². The Morgan fingerprint density at radius 3 is 2.45 bits per heavy atom. The molecule has 4 rings (SSSR count). The Balaban J connectivity index is 1.48. The van der Waals surface area contributed by atoms with Crippen LogP contribution in [0.3, 0.4) is 0 Å². The lowest BCUT2D eigenvalue weighted by Crippen LogP contribution is -2.30. The van der Waals surface area contributed by atoms with Crippen molar-refractivity contribution in [2.75, 3.05) is 18.0 Å². The molecule has 1 aromatic heterocycles. The van der Waals surface area contributed by atoms with Gasteiger partial charge in [-0.05, 0) is 37.5 Å². The molecular formula is C23H23FN4O. The Morgan fingerprint density at radius 2 is 1.69 bits per heavy atom. The summed E-state index contributed by atoms with van der Waals surface area (Å²) in [5.74, 6) is 0.329. The van der Waals surface area contributed by atoms with Crippen LogP contribution in [0.15, 0.2) is 60.9 Å². The second kappa shape index (κ2) is 8.82. The minimum Gasteiger partial charge on any atom is -0.355 e. The first-order chi connectivity index (χ1) is 14.2. The number of hydrogen-bond donors (Lipinski definition) is 1. The fraction of sp³-hybridized carbons (Fsp3) is 0.261. The second-order valence-electron chi connectivity index (χ2n) is 7.13. The molecule has 0 bridgehead atoms. The van der Waals surface area contributed by atoms with E-state index >= 15 is 0 Å². The van der Waals surface area contributed by atoms with E-state index in [1.807, 2.05) is 12.1 Å². The van der Waals surface area contributed by atoms with Crippen LogP contribution in [0.1, 0.15) is 35.2 Å². The maximum absolute atomic E-state index is 13.7. The third kappa shape index (κ3) is 4.42. The van der Waals surface area contributed by atoms with E-state index in [-0.39, 0.29) is 18.3 Å². The summed E-state index contributed by atoms with van der Waals surface area (Å²) in [5, 5.41) is 2.76. The molecule has 5 nitrogen and oxygen atoms in total. The predicted octanol–water partition coefficient (Wildman–Crippen LogP) is 4.20. The molecule has 1 saturated heterocycles. The number of nitrogens with one attached hydrogen (secondary N) is 1. The smallest absolute Gasteiger partial charge is 0.251 e. The molecule has 1 aliphatic rings. The van der Waals surface area contributed by atoms with Crippen molar-refractivity contribution in [3.8, 4) is 11.3 Å². The Hall–Kier alpha value is -3.28. The molecule has 1 N–H and O–H groups in total. The van der Waals surface area contributed by atoms with Gasteiger partial charge in [-0.25, -0.2) is 9.37 Å². The van der Waals surface area contributed by atoms with Crippen LogP contribution in [0.25, 0.3) is 11.3 Å². The number of nitrogens with zero attached hydrogens (tertiary/aromatic N) is 3. The third-order valence-corrected chi connectivity index (χ3v) is 5.15. The number of halogens is 1. The molecule has 148 valence electrons. The summed E-state index contributed by atoms with van der Waals surface area (Å²) in [5.41, 5.74) is 2.73. The van der Waals surface area contributed by atoms with Crippen LogP contribution in [0.4, 0.5) is 10.2 Å². The monoisotopic (exact) mass is 390 g/mol. The Bertz CT molecular complexity index is 984. The molecule has 29 heavy (non-hydrogen) atoms. The lowest BCUT2D eigenvalue weighted by Gasteiger charge is -2.28. The van der Waals surface area contributed by atoms with Crippen molar-refractivity contribution in [2.24, 2.45) is 0 Å². The maximum Gasteiger partial charge on any atom is 0.251 e. The number of piperidine rings is 1. The summed E-state index contributed by atoms with van der Waals surface area (Å²) in [7, 11) is 0. The van der Waals surface area contributed by atoms with Crippen molar-refractivity contribution in [3.63, 3.8) is 0 Å². The fourth-order valence-corrected chi connectivity index (χ4v) is 3.57. The Morgan fingerprint density at radius 1 is 0.966 bits per heavy atom. The molecule has 3 aromatic rings. The van der Waals surface area contributed by atoms with Gasteiger partial charge in [-0.15, -0.1) is 0 Å². The SMILES string of the molecule is O=C(NCc1ccccc1F)c1ccc(-c2nccnc2N2CCCCC2)cc1. The van der Waals surface area contributed by atoms with Gasteiger partial charge in [0.25, 0.3) is 5.91 Å². The van der Waals surface area contributed by atoms with Crippen molar-refractivity contribution < 1.29 is 9.18 Å². The molecule has 1 aliphatic heterocycles. The first-order valence-electron chi connectivity index (χ1n) is 9.90. The van der Waals surface area contributed by atoms with E-state index in [1.165, 1.54) is 12.5 Å². The van der Waals surface area contributed by atoms with Crippen LogP contribution in [-0.2, 0) is 6.54 Å². The van der Waals surface area contributed by atoms with Crippen molar-refractivity contribution in [2.45, 2.75) is 25.8 Å². The summed E-state index contributed by atoms with van der Waals surface area (Å²) in [6.07, 6.45) is 6.99. The van der Waals surface area contributed by atoms with Gasteiger partial charge in [-0.3, -0.25) is 9.78 Å². The highest BCUT2D eigenvalue weighted by Gasteiger charge is 2.18. The molecule has 6 heteroatoms. The highest BCUT2D eigenvalue weighted by Crippen LogP contribution is 2.28. The second-order valence-corrected chi connectivity index (χ2v) is 7.13. The number of rotatable bonds is 5. The number of hydrogen-bond acceptors (Lipinski definition) is 4. The number of anilines is 1. The number of aromatic nitrogens is 2. The molecule has 1 fully saturated rings. The van der Waals surface area contributed by atoms with Crippen LogP contribution < -0.4 is 10.2 Å². The highest BCUT2D eigenvalue weighted by atomic mass is 19.1. The molecular weight excluding hydrogens is 367 g/mol. The van der Waals surface area contributed by atoms with Gasteiger partial charge in [0.2, 0.25) is 0 Å². The minimum atomic E-state index is -0.323. The lowest BCUT2D eigenvalue weighted by molar-refractivity contribution is 0.0950. The molecule has 0 unspecified atom stereocenters. The van der Waals surface area contributed by atoms with Gasteiger partial charge in [-0.2, -0.15) is 0 Å². The standard InChI is InChI=1S/C23H23FN4O/c24-20-7-3-2-6-19(20)16-27-23(29)18-10-8-17(9-11-18)21-22(26-13-12-25-21)28-14-4-1-5-15-28/h2-3,6-13H,1,4-5,14-16H2,(H,27,29). The van der Waals surface area contributed by atoms with Gasteiger partial charge in [-0.1, -0.05) is 30.3 Å². The van der Waals surface area contributed by atoms with Crippen LogP contribution in [0, 0.1) is 5.82 Å². The molecule has 2 heterocycles. The van der Waals surface area contributed by atoms with E-state index in [4.69, 9.17) is 0 Å². The summed E-state index contributed by atoms with van der Waals surface area (Å²) in [6, 6.07) is 13.7. The van der Waals surface area contributed by atoms with Gasteiger partial charge < -0.3 is 10.2 Å². The molecule has 0 saturated carbocycles. The van der Waals surface area contributed by atoms with Crippen LogP contribution in [0.2, 0.25) is 0 Å². The molecule has 2 aromatic carbocycles. The summed E-state index contributed by atoms with van der Waals surface area (Å²) in [6.45, 7) is 2.13. The normalized spacial score (nSPS) is 13.9. The Labute approximate surface area is 169 Å². The summed E-state index contributed by atoms with van der Waals surface area (Å²) in [4.78, 5) is 23.8. The summed E-state index contributed by atoms with van der Waals surface area (Å²) < 4.78 is 13.7. The minimum absolute atomic E-state index is 0.149. The van der Waals surface area contributed by atoms with Crippen molar-refractivity contribution in [1.82, 2.24) is 15.3 Å². The van der Waals surface area contributed by atoms with E-state index in [0.717, 1.165) is 43.0 Å². The average molecular weight is 390 g/mol. The number of carbonyl (C=O) groups is 1. The van der Waals surface area contributed by atoms with E-state index in [1.54, 1.807) is 42.7 Å². The van der Waals surface area contributed by atoms with Gasteiger partial charge in [0.05, 0.1) is 0 Å². The van der Waals surface area contributed by atoms with Gasteiger partial charge in [0.1, 0.15) is 11.5 Å². The number of amides is 1. The molecule has 0 spiro atoms. The zero-order valence-corrected chi connectivity index (χ0v) is 16.1. The first kappa shape index (κ1) is 19.1.